The molecule has 2 atom stereocenters. The van der Waals surface area contributed by atoms with Gasteiger partial charge >= 0.3 is 0 Å². The van der Waals surface area contributed by atoms with Crippen molar-refractivity contribution in [3.8, 4) is 0 Å². The zero-order valence-corrected chi connectivity index (χ0v) is 15.5. The second-order valence-electron chi connectivity index (χ2n) is 7.31. The number of carbonyl (C=O) groups excluding carboxylic acids is 1. The fourth-order valence-corrected chi connectivity index (χ4v) is 3.73. The van der Waals surface area contributed by atoms with E-state index in [0.717, 1.165) is 38.8 Å². The summed E-state index contributed by atoms with van der Waals surface area (Å²) in [5, 5.41) is 6.66. The minimum absolute atomic E-state index is 0.106. The Morgan fingerprint density at radius 1 is 1.08 bits per heavy atom. The summed E-state index contributed by atoms with van der Waals surface area (Å²) in [7, 11) is 0. The largest absolute Gasteiger partial charge is 0.349 e. The standard InChI is InChI=1S/C23H30N2O/c26-23(15-14-20-16-17-24-18-20)25-22(21-11-5-2-6-12-21)13-7-10-19-8-3-1-4-9-19/h1-6,8-9,11-12,20,22,24H,7,10,13-18H2,(H,25,26). The quantitative estimate of drug-likeness (QED) is 0.709. The van der Waals surface area contributed by atoms with Crippen LogP contribution in [0, 0.1) is 5.92 Å². The number of amides is 1. The Morgan fingerprint density at radius 3 is 2.50 bits per heavy atom. The minimum atomic E-state index is 0.106. The number of benzene rings is 2. The van der Waals surface area contributed by atoms with Crippen LogP contribution in [0.15, 0.2) is 60.7 Å². The van der Waals surface area contributed by atoms with Crippen molar-refractivity contribution in [3.63, 3.8) is 0 Å². The normalized spacial score (nSPS) is 17.8. The molecule has 1 saturated heterocycles. The molecule has 0 radical (unpaired) electrons. The number of nitrogens with one attached hydrogen (secondary N) is 2. The Labute approximate surface area is 157 Å². The molecule has 138 valence electrons. The van der Waals surface area contributed by atoms with Crippen LogP contribution in [0.5, 0.6) is 0 Å². The lowest BCUT2D eigenvalue weighted by Crippen LogP contribution is -2.29. The van der Waals surface area contributed by atoms with E-state index in [0.29, 0.717) is 12.3 Å². The lowest BCUT2D eigenvalue weighted by atomic mass is 9.98. The number of rotatable bonds is 9. The molecule has 2 unspecified atom stereocenters. The van der Waals surface area contributed by atoms with Gasteiger partial charge in [-0.25, -0.2) is 0 Å². The fraction of sp³-hybridized carbons (Fsp3) is 0.435. The van der Waals surface area contributed by atoms with Gasteiger partial charge in [-0.15, -0.1) is 0 Å². The van der Waals surface area contributed by atoms with Crippen LogP contribution in [0.3, 0.4) is 0 Å². The summed E-state index contributed by atoms with van der Waals surface area (Å²) in [5.74, 6) is 0.847. The van der Waals surface area contributed by atoms with Crippen molar-refractivity contribution in [2.45, 2.75) is 44.6 Å². The Bertz CT molecular complexity index is 650. The minimum Gasteiger partial charge on any atom is -0.349 e. The lowest BCUT2D eigenvalue weighted by molar-refractivity contribution is -0.122. The first-order valence-electron chi connectivity index (χ1n) is 9.90. The third-order valence-electron chi connectivity index (χ3n) is 5.28. The van der Waals surface area contributed by atoms with Crippen LogP contribution < -0.4 is 10.6 Å². The van der Waals surface area contributed by atoms with Crippen molar-refractivity contribution in [3.05, 3.63) is 71.8 Å². The number of hydrogen-bond acceptors (Lipinski definition) is 2. The average Bonchev–Trinajstić information content (AvgIpc) is 3.21. The maximum absolute atomic E-state index is 12.5. The highest BCUT2D eigenvalue weighted by Crippen LogP contribution is 2.21. The van der Waals surface area contributed by atoms with Gasteiger partial charge in [0.25, 0.3) is 0 Å². The predicted octanol–water partition coefficient (Wildman–Crippen LogP) is 4.26. The molecule has 1 aliphatic rings. The Morgan fingerprint density at radius 2 is 1.81 bits per heavy atom. The molecule has 0 saturated carbocycles. The van der Waals surface area contributed by atoms with Gasteiger partial charge in [-0.2, -0.15) is 0 Å². The number of carbonyl (C=O) groups is 1. The van der Waals surface area contributed by atoms with E-state index in [4.69, 9.17) is 0 Å². The van der Waals surface area contributed by atoms with E-state index in [9.17, 15) is 4.79 Å². The van der Waals surface area contributed by atoms with Gasteiger partial charge < -0.3 is 10.6 Å². The molecule has 0 spiro atoms. The molecule has 0 aliphatic carbocycles. The molecule has 1 fully saturated rings. The predicted molar refractivity (Wildman–Crippen MR) is 107 cm³/mol. The maximum Gasteiger partial charge on any atom is 0.220 e. The van der Waals surface area contributed by atoms with Crippen LogP contribution in [0.4, 0.5) is 0 Å². The molecule has 1 aliphatic heterocycles. The monoisotopic (exact) mass is 350 g/mol. The summed E-state index contributed by atoms with van der Waals surface area (Å²) in [5.41, 5.74) is 2.57. The van der Waals surface area contributed by atoms with Crippen molar-refractivity contribution in [1.82, 2.24) is 10.6 Å². The van der Waals surface area contributed by atoms with Crippen LogP contribution in [-0.4, -0.2) is 19.0 Å². The first kappa shape index (κ1) is 18.7. The zero-order valence-electron chi connectivity index (χ0n) is 15.5. The molecule has 2 aromatic rings. The first-order chi connectivity index (χ1) is 12.8. The van der Waals surface area contributed by atoms with Crippen molar-refractivity contribution in [2.24, 2.45) is 5.92 Å². The van der Waals surface area contributed by atoms with Crippen molar-refractivity contribution >= 4 is 5.91 Å². The molecular formula is C23H30N2O. The van der Waals surface area contributed by atoms with Crippen LogP contribution in [0.1, 0.15) is 49.3 Å². The molecule has 3 nitrogen and oxygen atoms in total. The summed E-state index contributed by atoms with van der Waals surface area (Å²) in [6, 6.07) is 21.0. The SMILES string of the molecule is O=C(CCC1CCNC1)NC(CCCc1ccccc1)c1ccccc1. The second-order valence-corrected chi connectivity index (χ2v) is 7.31. The molecule has 26 heavy (non-hydrogen) atoms. The van der Waals surface area contributed by atoms with E-state index >= 15 is 0 Å². The van der Waals surface area contributed by atoms with Gasteiger partial charge in [0.15, 0.2) is 0 Å². The van der Waals surface area contributed by atoms with E-state index in [2.05, 4.69) is 65.2 Å². The van der Waals surface area contributed by atoms with Crippen LogP contribution in [0.25, 0.3) is 0 Å². The summed E-state index contributed by atoms with van der Waals surface area (Å²) in [6.07, 6.45) is 5.91. The van der Waals surface area contributed by atoms with Gasteiger partial charge in [-0.05, 0) is 62.2 Å². The number of hydrogen-bond donors (Lipinski definition) is 2. The van der Waals surface area contributed by atoms with Gasteiger partial charge in [0.05, 0.1) is 6.04 Å². The lowest BCUT2D eigenvalue weighted by Gasteiger charge is -2.20. The second kappa shape index (κ2) is 10.1. The van der Waals surface area contributed by atoms with Crippen LogP contribution in [-0.2, 0) is 11.2 Å². The number of aryl methyl sites for hydroxylation is 1. The van der Waals surface area contributed by atoms with Gasteiger partial charge in [0, 0.05) is 6.42 Å². The smallest absolute Gasteiger partial charge is 0.220 e. The molecule has 1 heterocycles. The van der Waals surface area contributed by atoms with E-state index in [-0.39, 0.29) is 11.9 Å². The summed E-state index contributed by atoms with van der Waals surface area (Å²) in [4.78, 5) is 12.5. The van der Waals surface area contributed by atoms with Crippen molar-refractivity contribution in [2.75, 3.05) is 13.1 Å². The van der Waals surface area contributed by atoms with Gasteiger partial charge in [0.1, 0.15) is 0 Å². The summed E-state index contributed by atoms with van der Waals surface area (Å²) in [6.45, 7) is 2.16. The highest BCUT2D eigenvalue weighted by atomic mass is 16.1. The Hall–Kier alpha value is -2.13. The molecule has 1 amide bonds. The molecule has 2 N–H and O–H groups in total. The molecule has 3 rings (SSSR count). The average molecular weight is 351 g/mol. The van der Waals surface area contributed by atoms with E-state index < -0.39 is 0 Å². The Balaban J connectivity index is 1.52. The first-order valence-corrected chi connectivity index (χ1v) is 9.90. The topological polar surface area (TPSA) is 41.1 Å². The molecule has 0 bridgehead atoms. The third-order valence-corrected chi connectivity index (χ3v) is 5.28. The molecule has 0 aromatic heterocycles. The molecular weight excluding hydrogens is 320 g/mol. The van der Waals surface area contributed by atoms with Crippen LogP contribution >= 0.6 is 0 Å². The Kier molecular flexibility index (Phi) is 7.26. The maximum atomic E-state index is 12.5. The zero-order chi connectivity index (χ0) is 18.0. The third kappa shape index (κ3) is 5.99. The van der Waals surface area contributed by atoms with Gasteiger partial charge in [0.2, 0.25) is 5.91 Å². The molecule has 2 aromatic carbocycles. The van der Waals surface area contributed by atoms with Crippen molar-refractivity contribution < 1.29 is 4.79 Å². The highest BCUT2D eigenvalue weighted by molar-refractivity contribution is 5.76. The van der Waals surface area contributed by atoms with E-state index in [1.165, 1.54) is 17.5 Å². The van der Waals surface area contributed by atoms with Crippen LogP contribution in [0.2, 0.25) is 0 Å². The fourth-order valence-electron chi connectivity index (χ4n) is 3.73. The van der Waals surface area contributed by atoms with E-state index in [1.807, 2.05) is 6.07 Å². The summed E-state index contributed by atoms with van der Waals surface area (Å²) < 4.78 is 0. The van der Waals surface area contributed by atoms with E-state index in [1.54, 1.807) is 0 Å². The van der Waals surface area contributed by atoms with Gasteiger partial charge in [-0.1, -0.05) is 60.7 Å². The molecule has 3 heteroatoms. The van der Waals surface area contributed by atoms with Crippen molar-refractivity contribution in [1.29, 1.82) is 0 Å². The van der Waals surface area contributed by atoms with Gasteiger partial charge in [-0.3, -0.25) is 4.79 Å². The summed E-state index contributed by atoms with van der Waals surface area (Å²) >= 11 is 0. The highest BCUT2D eigenvalue weighted by Gasteiger charge is 2.18.